The molecule has 1 N–H and O–H groups in total. The number of rotatable bonds is 0. The molecule has 94 valence electrons. The molecule has 1 fully saturated rings. The van der Waals surface area contributed by atoms with Crippen molar-refractivity contribution in [2.75, 3.05) is 0 Å². The summed E-state index contributed by atoms with van der Waals surface area (Å²) < 4.78 is 0. The Morgan fingerprint density at radius 2 is 1.69 bits per heavy atom. The third-order valence-electron chi connectivity index (χ3n) is 3.97. The minimum absolute atomic E-state index is 0.190. The summed E-state index contributed by atoms with van der Waals surface area (Å²) in [6.07, 6.45) is 7.07. The average molecular weight is 224 g/mol. The lowest BCUT2D eigenvalue weighted by atomic mass is 9.85. The van der Waals surface area contributed by atoms with Gasteiger partial charge < -0.3 is 5.11 Å². The van der Waals surface area contributed by atoms with E-state index in [0.29, 0.717) is 5.92 Å². The summed E-state index contributed by atoms with van der Waals surface area (Å²) in [6.45, 7) is 8.90. The van der Waals surface area contributed by atoms with Gasteiger partial charge in [-0.2, -0.15) is 0 Å². The van der Waals surface area contributed by atoms with Crippen molar-refractivity contribution >= 4 is 0 Å². The molecule has 0 aromatic heterocycles. The summed E-state index contributed by atoms with van der Waals surface area (Å²) in [5.41, 5.74) is 2.63. The van der Waals surface area contributed by atoms with E-state index in [-0.39, 0.29) is 6.10 Å². The Labute approximate surface area is 101 Å². The van der Waals surface area contributed by atoms with E-state index in [1.807, 2.05) is 0 Å². The number of aliphatic hydroxyl groups is 1. The zero-order valence-corrected chi connectivity index (χ0v) is 11.4. The first-order valence-electron chi connectivity index (χ1n) is 6.85. The molecule has 1 rings (SSSR count). The van der Waals surface area contributed by atoms with Gasteiger partial charge in [0, 0.05) is 0 Å². The van der Waals surface area contributed by atoms with Crippen molar-refractivity contribution in [3.05, 3.63) is 11.1 Å². The van der Waals surface area contributed by atoms with Crippen LogP contribution in [0.25, 0.3) is 0 Å². The maximum absolute atomic E-state index is 10.3. The molecule has 0 saturated heterocycles. The van der Waals surface area contributed by atoms with E-state index in [1.54, 1.807) is 0 Å². The van der Waals surface area contributed by atoms with E-state index in [9.17, 15) is 5.11 Å². The topological polar surface area (TPSA) is 20.2 Å². The first-order valence-corrected chi connectivity index (χ1v) is 6.85. The Hall–Kier alpha value is -0.300. The fraction of sp³-hybridized carbons (Fsp3) is 0.867. The molecule has 3 atom stereocenters. The van der Waals surface area contributed by atoms with Crippen LogP contribution in [0.2, 0.25) is 0 Å². The molecule has 0 aliphatic heterocycles. The van der Waals surface area contributed by atoms with Crippen LogP contribution in [0.4, 0.5) is 0 Å². The number of allylic oxidation sites excluding steroid dienone is 1. The second kappa shape index (κ2) is 6.44. The lowest BCUT2D eigenvalue weighted by Crippen LogP contribution is -2.18. The van der Waals surface area contributed by atoms with Crippen LogP contribution in [0, 0.1) is 11.8 Å². The van der Waals surface area contributed by atoms with Gasteiger partial charge in [-0.1, -0.05) is 38.7 Å². The normalized spacial score (nSPS) is 33.6. The van der Waals surface area contributed by atoms with Crippen molar-refractivity contribution < 1.29 is 5.11 Å². The highest BCUT2D eigenvalue weighted by atomic mass is 16.3. The summed E-state index contributed by atoms with van der Waals surface area (Å²) in [6, 6.07) is 0. The van der Waals surface area contributed by atoms with Crippen molar-refractivity contribution in [2.45, 2.75) is 72.3 Å². The van der Waals surface area contributed by atoms with Gasteiger partial charge in [0.25, 0.3) is 0 Å². The van der Waals surface area contributed by atoms with Crippen molar-refractivity contribution in [3.63, 3.8) is 0 Å². The van der Waals surface area contributed by atoms with Gasteiger partial charge in [0.05, 0.1) is 6.10 Å². The summed E-state index contributed by atoms with van der Waals surface area (Å²) in [5.74, 6) is 1.47. The van der Waals surface area contributed by atoms with Crippen LogP contribution < -0.4 is 0 Å². The molecule has 0 bridgehead atoms. The van der Waals surface area contributed by atoms with Gasteiger partial charge in [-0.05, 0) is 50.5 Å². The van der Waals surface area contributed by atoms with Gasteiger partial charge in [-0.3, -0.25) is 0 Å². The monoisotopic (exact) mass is 224 g/mol. The van der Waals surface area contributed by atoms with Gasteiger partial charge in [0.15, 0.2) is 0 Å². The minimum atomic E-state index is -0.190. The van der Waals surface area contributed by atoms with Gasteiger partial charge in [-0.25, -0.2) is 0 Å². The van der Waals surface area contributed by atoms with Crippen LogP contribution in [-0.4, -0.2) is 11.2 Å². The first-order chi connectivity index (χ1) is 7.50. The highest BCUT2D eigenvalue weighted by Crippen LogP contribution is 2.28. The molecule has 1 heteroatoms. The molecule has 0 spiro atoms. The summed E-state index contributed by atoms with van der Waals surface area (Å²) in [4.78, 5) is 0. The largest absolute Gasteiger partial charge is 0.389 e. The van der Waals surface area contributed by atoms with E-state index in [0.717, 1.165) is 18.8 Å². The average Bonchev–Trinajstić information content (AvgIpc) is 2.16. The lowest BCUT2D eigenvalue weighted by Gasteiger charge is -2.24. The Bertz CT molecular complexity index is 238. The van der Waals surface area contributed by atoms with Gasteiger partial charge >= 0.3 is 0 Å². The molecular formula is C15H28O. The first kappa shape index (κ1) is 13.8. The molecule has 0 heterocycles. The van der Waals surface area contributed by atoms with Crippen LogP contribution in [-0.2, 0) is 0 Å². The van der Waals surface area contributed by atoms with Crippen LogP contribution in [0.15, 0.2) is 11.1 Å². The molecule has 0 aromatic rings. The Balaban J connectivity index is 2.72. The SMILES string of the molecule is CC(C)=C1CCC(C)CCCC(C)CC1O. The lowest BCUT2D eigenvalue weighted by molar-refractivity contribution is 0.165. The second-order valence-electron chi connectivity index (χ2n) is 5.96. The summed E-state index contributed by atoms with van der Waals surface area (Å²) >= 11 is 0. The van der Waals surface area contributed by atoms with E-state index in [2.05, 4.69) is 27.7 Å². The summed E-state index contributed by atoms with van der Waals surface area (Å²) in [7, 11) is 0. The van der Waals surface area contributed by atoms with Gasteiger partial charge in [-0.15, -0.1) is 0 Å². The number of hydrogen-bond acceptors (Lipinski definition) is 1. The smallest absolute Gasteiger partial charge is 0.0755 e. The predicted octanol–water partition coefficient (Wildman–Crippen LogP) is 4.31. The van der Waals surface area contributed by atoms with E-state index in [1.165, 1.54) is 36.8 Å². The Morgan fingerprint density at radius 1 is 1.06 bits per heavy atom. The molecule has 1 aliphatic rings. The van der Waals surface area contributed by atoms with Gasteiger partial charge in [0.2, 0.25) is 0 Å². The van der Waals surface area contributed by atoms with Crippen LogP contribution in [0.5, 0.6) is 0 Å². The zero-order chi connectivity index (χ0) is 12.1. The quantitative estimate of drug-likeness (QED) is 0.608. The minimum Gasteiger partial charge on any atom is -0.389 e. The molecule has 1 saturated carbocycles. The summed E-state index contributed by atoms with van der Waals surface area (Å²) in [5, 5.41) is 10.3. The van der Waals surface area contributed by atoms with Crippen LogP contribution >= 0.6 is 0 Å². The van der Waals surface area contributed by atoms with Crippen molar-refractivity contribution in [1.82, 2.24) is 0 Å². The van der Waals surface area contributed by atoms with Crippen molar-refractivity contribution in [3.8, 4) is 0 Å². The molecule has 16 heavy (non-hydrogen) atoms. The highest BCUT2D eigenvalue weighted by molar-refractivity contribution is 5.15. The Kier molecular flexibility index (Phi) is 5.54. The molecule has 3 unspecified atom stereocenters. The van der Waals surface area contributed by atoms with E-state index >= 15 is 0 Å². The van der Waals surface area contributed by atoms with Crippen LogP contribution in [0.3, 0.4) is 0 Å². The second-order valence-corrected chi connectivity index (χ2v) is 5.96. The fourth-order valence-electron chi connectivity index (χ4n) is 2.75. The van der Waals surface area contributed by atoms with Crippen LogP contribution in [0.1, 0.15) is 66.2 Å². The fourth-order valence-corrected chi connectivity index (χ4v) is 2.75. The predicted molar refractivity (Wildman–Crippen MR) is 70.4 cm³/mol. The van der Waals surface area contributed by atoms with Crippen molar-refractivity contribution in [1.29, 1.82) is 0 Å². The molecule has 0 amide bonds. The zero-order valence-electron chi connectivity index (χ0n) is 11.4. The third-order valence-corrected chi connectivity index (χ3v) is 3.97. The molecule has 0 radical (unpaired) electrons. The molecule has 1 aliphatic carbocycles. The number of aliphatic hydroxyl groups excluding tert-OH is 1. The molecule has 0 aromatic carbocycles. The number of hydrogen-bond donors (Lipinski definition) is 1. The Morgan fingerprint density at radius 3 is 2.31 bits per heavy atom. The van der Waals surface area contributed by atoms with Gasteiger partial charge in [0.1, 0.15) is 0 Å². The molecular weight excluding hydrogens is 196 g/mol. The maximum atomic E-state index is 10.3. The van der Waals surface area contributed by atoms with Crippen molar-refractivity contribution in [2.24, 2.45) is 11.8 Å². The molecule has 1 nitrogen and oxygen atoms in total. The third kappa shape index (κ3) is 4.29. The van der Waals surface area contributed by atoms with E-state index < -0.39 is 0 Å². The maximum Gasteiger partial charge on any atom is 0.0755 e. The van der Waals surface area contributed by atoms with E-state index in [4.69, 9.17) is 0 Å². The highest BCUT2D eigenvalue weighted by Gasteiger charge is 2.18. The standard InChI is InChI=1S/C15H28O/c1-11(2)14-9-8-12(3)6-5-7-13(4)10-15(14)16/h12-13,15-16H,5-10H2,1-4H3.